The van der Waals surface area contributed by atoms with Crippen molar-refractivity contribution in [3.63, 3.8) is 0 Å². The molecule has 0 bridgehead atoms. The zero-order valence-corrected chi connectivity index (χ0v) is 23.9. The molecule has 1 unspecified atom stereocenters. The normalized spacial score (nSPS) is 15.2. The first-order valence-electron chi connectivity index (χ1n) is 12.6. The highest BCUT2D eigenvalue weighted by Gasteiger charge is 2.35. The Kier molecular flexibility index (Phi) is 9.39. The molecular formula is C28H33N3O6S2. The Morgan fingerprint density at radius 2 is 1.79 bits per heavy atom. The summed E-state index contributed by atoms with van der Waals surface area (Å²) in [6.45, 7) is 2.05. The molecule has 1 N–H and O–H groups in total. The number of fused-ring (bicyclic) bond motifs is 1. The van der Waals surface area contributed by atoms with Gasteiger partial charge in [-0.15, -0.1) is 11.3 Å². The molecule has 2 amide bonds. The Labute approximate surface area is 233 Å². The molecular weight excluding hydrogens is 538 g/mol. The van der Waals surface area contributed by atoms with Crippen LogP contribution in [0.5, 0.6) is 5.75 Å². The lowest BCUT2D eigenvalue weighted by atomic mass is 9.93. The van der Waals surface area contributed by atoms with E-state index in [1.165, 1.54) is 40.4 Å². The van der Waals surface area contributed by atoms with Gasteiger partial charge < -0.3 is 19.7 Å². The molecule has 0 aliphatic carbocycles. The van der Waals surface area contributed by atoms with Crippen LogP contribution in [0, 0.1) is 0 Å². The molecule has 3 aromatic rings. The van der Waals surface area contributed by atoms with Crippen molar-refractivity contribution in [3.05, 3.63) is 76.0 Å². The van der Waals surface area contributed by atoms with Crippen molar-refractivity contribution in [3.8, 4) is 5.75 Å². The largest absolute Gasteiger partial charge is 0.497 e. The van der Waals surface area contributed by atoms with Gasteiger partial charge in [0.15, 0.2) is 0 Å². The highest BCUT2D eigenvalue weighted by molar-refractivity contribution is 7.89. The Morgan fingerprint density at radius 1 is 1.08 bits per heavy atom. The Balaban J connectivity index is 1.62. The van der Waals surface area contributed by atoms with E-state index in [9.17, 15) is 18.0 Å². The topological polar surface area (TPSA) is 105 Å². The van der Waals surface area contributed by atoms with Gasteiger partial charge in [0.1, 0.15) is 5.75 Å². The van der Waals surface area contributed by atoms with E-state index in [0.29, 0.717) is 31.7 Å². The lowest BCUT2D eigenvalue weighted by Gasteiger charge is -2.37. The first-order valence-corrected chi connectivity index (χ1v) is 14.9. The molecule has 2 aromatic carbocycles. The van der Waals surface area contributed by atoms with Gasteiger partial charge in [-0.1, -0.05) is 12.1 Å². The van der Waals surface area contributed by atoms with Gasteiger partial charge in [-0.3, -0.25) is 9.59 Å². The molecule has 208 valence electrons. The lowest BCUT2D eigenvalue weighted by Crippen LogP contribution is -2.47. The number of thiophene rings is 1. The van der Waals surface area contributed by atoms with Crippen molar-refractivity contribution >= 4 is 38.9 Å². The van der Waals surface area contributed by atoms with Crippen molar-refractivity contribution in [2.24, 2.45) is 0 Å². The van der Waals surface area contributed by atoms with Crippen LogP contribution in [-0.2, 0) is 30.8 Å². The number of carbonyl (C=O) groups excluding carboxylic acids is 2. The van der Waals surface area contributed by atoms with Gasteiger partial charge in [0, 0.05) is 44.3 Å². The number of sulfonamides is 1. The molecule has 1 aliphatic heterocycles. The van der Waals surface area contributed by atoms with Gasteiger partial charge in [-0.2, -0.15) is 4.31 Å². The van der Waals surface area contributed by atoms with Crippen LogP contribution in [0.15, 0.2) is 64.9 Å². The molecule has 0 saturated carbocycles. The Hall–Kier alpha value is -3.25. The van der Waals surface area contributed by atoms with Gasteiger partial charge in [-0.05, 0) is 71.8 Å². The molecule has 1 atom stereocenters. The monoisotopic (exact) mass is 571 g/mol. The molecule has 0 fully saturated rings. The van der Waals surface area contributed by atoms with Crippen LogP contribution >= 0.6 is 11.3 Å². The van der Waals surface area contributed by atoms with Crippen LogP contribution in [0.4, 0.5) is 5.69 Å². The molecule has 0 spiro atoms. The van der Waals surface area contributed by atoms with Crippen molar-refractivity contribution < 1.29 is 27.5 Å². The molecule has 1 aromatic heterocycles. The Morgan fingerprint density at radius 3 is 2.44 bits per heavy atom. The lowest BCUT2D eigenvalue weighted by molar-refractivity contribution is -0.133. The van der Waals surface area contributed by atoms with Crippen molar-refractivity contribution in [1.29, 1.82) is 0 Å². The van der Waals surface area contributed by atoms with Crippen LogP contribution in [0.2, 0.25) is 0 Å². The fourth-order valence-corrected chi connectivity index (χ4v) is 7.04. The Bertz CT molecular complexity index is 1390. The van der Waals surface area contributed by atoms with Gasteiger partial charge in [0.2, 0.25) is 21.8 Å². The van der Waals surface area contributed by atoms with Crippen molar-refractivity contribution in [1.82, 2.24) is 9.21 Å². The third-order valence-electron chi connectivity index (χ3n) is 6.60. The second-order valence-corrected chi connectivity index (χ2v) is 12.1. The zero-order chi connectivity index (χ0) is 28.0. The SMILES string of the molecule is COCCCN(CC(=O)N1CCc2sccc2C1c1ccc(OC)cc1)S(=O)(=O)c1ccc(NC(C)=O)cc1. The molecule has 2 heterocycles. The summed E-state index contributed by atoms with van der Waals surface area (Å²) in [6.07, 6.45) is 1.15. The van der Waals surface area contributed by atoms with E-state index in [0.717, 1.165) is 16.9 Å². The van der Waals surface area contributed by atoms with Crippen LogP contribution in [0.3, 0.4) is 0 Å². The van der Waals surface area contributed by atoms with E-state index in [2.05, 4.69) is 5.32 Å². The number of methoxy groups -OCH3 is 2. The highest BCUT2D eigenvalue weighted by Crippen LogP contribution is 2.38. The summed E-state index contributed by atoms with van der Waals surface area (Å²) in [6, 6.07) is 15.3. The molecule has 0 radical (unpaired) electrons. The average molecular weight is 572 g/mol. The minimum Gasteiger partial charge on any atom is -0.497 e. The van der Waals surface area contributed by atoms with Gasteiger partial charge in [0.25, 0.3) is 0 Å². The van der Waals surface area contributed by atoms with Gasteiger partial charge in [0.05, 0.1) is 24.6 Å². The second-order valence-electron chi connectivity index (χ2n) is 9.20. The molecule has 9 nitrogen and oxygen atoms in total. The number of anilines is 1. The number of hydrogen-bond acceptors (Lipinski definition) is 7. The highest BCUT2D eigenvalue weighted by atomic mass is 32.2. The van der Waals surface area contributed by atoms with E-state index < -0.39 is 10.0 Å². The first-order chi connectivity index (χ1) is 18.7. The van der Waals surface area contributed by atoms with Crippen molar-refractivity contribution in [2.75, 3.05) is 45.8 Å². The maximum atomic E-state index is 13.9. The number of nitrogens with one attached hydrogen (secondary N) is 1. The summed E-state index contributed by atoms with van der Waals surface area (Å²) in [5.74, 6) is 0.195. The number of ether oxygens (including phenoxy) is 2. The van der Waals surface area contributed by atoms with E-state index in [1.807, 2.05) is 35.7 Å². The molecule has 11 heteroatoms. The quantitative estimate of drug-likeness (QED) is 0.350. The minimum absolute atomic E-state index is 0.0484. The van der Waals surface area contributed by atoms with E-state index in [4.69, 9.17) is 9.47 Å². The summed E-state index contributed by atoms with van der Waals surface area (Å²) in [7, 11) is -0.841. The van der Waals surface area contributed by atoms with Crippen LogP contribution < -0.4 is 10.1 Å². The van der Waals surface area contributed by atoms with Gasteiger partial charge in [-0.25, -0.2) is 8.42 Å². The summed E-state index contributed by atoms with van der Waals surface area (Å²) < 4.78 is 39.0. The number of nitrogens with zero attached hydrogens (tertiary/aromatic N) is 2. The standard InChI is InChI=1S/C28H33N3O6S2/c1-20(32)29-22-7-11-24(12-8-22)39(34,35)30(15-4-17-36-2)19-27(33)31-16-13-26-25(14-18-38-26)28(31)21-5-9-23(37-3)10-6-21/h5-12,14,18,28H,4,13,15-17,19H2,1-3H3,(H,29,32). The number of rotatable bonds is 11. The maximum absolute atomic E-state index is 13.9. The maximum Gasteiger partial charge on any atom is 0.243 e. The number of amides is 2. The summed E-state index contributed by atoms with van der Waals surface area (Å²) in [5, 5.41) is 4.66. The summed E-state index contributed by atoms with van der Waals surface area (Å²) >= 11 is 1.67. The molecule has 0 saturated heterocycles. The third kappa shape index (κ3) is 6.67. The molecule has 39 heavy (non-hydrogen) atoms. The second kappa shape index (κ2) is 12.7. The summed E-state index contributed by atoms with van der Waals surface area (Å²) in [4.78, 5) is 28.2. The number of benzene rings is 2. The summed E-state index contributed by atoms with van der Waals surface area (Å²) in [5.41, 5.74) is 2.49. The van der Waals surface area contributed by atoms with Crippen LogP contribution in [0.1, 0.15) is 35.4 Å². The predicted octanol–water partition coefficient (Wildman–Crippen LogP) is 3.92. The van der Waals surface area contributed by atoms with Crippen LogP contribution in [0.25, 0.3) is 0 Å². The minimum atomic E-state index is -4.00. The van der Waals surface area contributed by atoms with E-state index in [1.54, 1.807) is 30.5 Å². The molecule has 1 aliphatic rings. The van der Waals surface area contributed by atoms with E-state index in [-0.39, 0.29) is 35.8 Å². The van der Waals surface area contributed by atoms with Crippen molar-refractivity contribution in [2.45, 2.75) is 30.7 Å². The smallest absolute Gasteiger partial charge is 0.243 e. The number of carbonyl (C=O) groups is 2. The van der Waals surface area contributed by atoms with Crippen LogP contribution in [-0.4, -0.2) is 69.9 Å². The van der Waals surface area contributed by atoms with Gasteiger partial charge >= 0.3 is 0 Å². The van der Waals surface area contributed by atoms with E-state index >= 15 is 0 Å². The number of hydrogen-bond donors (Lipinski definition) is 1. The average Bonchev–Trinajstić information content (AvgIpc) is 3.41. The zero-order valence-electron chi connectivity index (χ0n) is 22.3. The molecule has 4 rings (SSSR count). The predicted molar refractivity (Wildman–Crippen MR) is 151 cm³/mol. The third-order valence-corrected chi connectivity index (χ3v) is 9.45. The fourth-order valence-electron chi connectivity index (χ4n) is 4.70. The first kappa shape index (κ1) is 28.8. The fraction of sp³-hybridized carbons (Fsp3) is 0.357.